The van der Waals surface area contributed by atoms with Gasteiger partial charge in [-0.3, -0.25) is 4.90 Å². The first kappa shape index (κ1) is 18.3. The number of nitrogens with zero attached hydrogens (tertiary/aromatic N) is 3. The lowest BCUT2D eigenvalue weighted by molar-refractivity contribution is 0.0180. The average Bonchev–Trinajstić information content (AvgIpc) is 3.04. The Morgan fingerprint density at radius 1 is 1.24 bits per heavy atom. The Labute approximate surface area is 151 Å². The van der Waals surface area contributed by atoms with Gasteiger partial charge in [-0.15, -0.1) is 12.4 Å². The maximum absolute atomic E-state index is 13.7. The van der Waals surface area contributed by atoms with Crippen LogP contribution in [0.4, 0.5) is 4.39 Å². The van der Waals surface area contributed by atoms with Gasteiger partial charge in [-0.1, -0.05) is 17.3 Å². The standard InChI is InChI=1S/C17H21FN4O2.ClH/c18-13-4-1-3-12(11-13)14(22-7-9-23-10-8-22)15-20-16(21-24-15)17(19)5-2-6-17;/h1,3-4,11,14H,2,5-10,19H2;1H. The molecule has 0 amide bonds. The number of rotatable bonds is 4. The van der Waals surface area contributed by atoms with E-state index >= 15 is 0 Å². The molecule has 4 rings (SSSR count). The first-order chi connectivity index (χ1) is 11.7. The number of nitrogens with two attached hydrogens (primary N) is 1. The Morgan fingerprint density at radius 2 is 2.00 bits per heavy atom. The van der Waals surface area contributed by atoms with Crippen molar-refractivity contribution in [3.05, 3.63) is 47.4 Å². The fourth-order valence-electron chi connectivity index (χ4n) is 3.35. The largest absolute Gasteiger partial charge is 0.379 e. The molecule has 1 saturated carbocycles. The zero-order chi connectivity index (χ0) is 16.6. The van der Waals surface area contributed by atoms with Crippen LogP contribution in [0.1, 0.15) is 42.6 Å². The summed E-state index contributed by atoms with van der Waals surface area (Å²) in [4.78, 5) is 6.76. The highest BCUT2D eigenvalue weighted by Crippen LogP contribution is 2.38. The van der Waals surface area contributed by atoms with Crippen LogP contribution in [-0.4, -0.2) is 41.3 Å². The second kappa shape index (κ2) is 7.37. The molecule has 1 saturated heterocycles. The van der Waals surface area contributed by atoms with Crippen LogP contribution in [0.25, 0.3) is 0 Å². The fourth-order valence-corrected chi connectivity index (χ4v) is 3.35. The molecule has 1 aliphatic heterocycles. The molecule has 1 unspecified atom stereocenters. The number of hydrogen-bond donors (Lipinski definition) is 1. The van der Waals surface area contributed by atoms with Gasteiger partial charge in [0, 0.05) is 13.1 Å². The van der Waals surface area contributed by atoms with Crippen LogP contribution in [0.5, 0.6) is 0 Å². The Balaban J connectivity index is 0.00000182. The Bertz CT molecular complexity index is 716. The molecule has 1 aliphatic carbocycles. The van der Waals surface area contributed by atoms with Crippen LogP contribution in [0.2, 0.25) is 0 Å². The number of benzene rings is 1. The van der Waals surface area contributed by atoms with Gasteiger partial charge >= 0.3 is 0 Å². The van der Waals surface area contributed by atoms with Gasteiger partial charge in [-0.2, -0.15) is 4.98 Å². The number of morpholine rings is 1. The molecule has 2 N–H and O–H groups in total. The van der Waals surface area contributed by atoms with Gasteiger partial charge in [0.05, 0.1) is 18.8 Å². The Morgan fingerprint density at radius 3 is 2.64 bits per heavy atom. The maximum Gasteiger partial charge on any atom is 0.248 e. The lowest BCUT2D eigenvalue weighted by Gasteiger charge is -2.34. The molecule has 0 radical (unpaired) electrons. The van der Waals surface area contributed by atoms with Crippen molar-refractivity contribution in [3.63, 3.8) is 0 Å². The maximum atomic E-state index is 13.7. The molecule has 0 spiro atoms. The summed E-state index contributed by atoms with van der Waals surface area (Å²) in [5.41, 5.74) is 6.63. The monoisotopic (exact) mass is 368 g/mol. The van der Waals surface area contributed by atoms with Crippen LogP contribution >= 0.6 is 12.4 Å². The number of ether oxygens (including phenoxy) is 1. The lowest BCUT2D eigenvalue weighted by atomic mass is 9.77. The number of aromatic nitrogens is 2. The summed E-state index contributed by atoms with van der Waals surface area (Å²) in [6.45, 7) is 2.72. The molecule has 2 fully saturated rings. The summed E-state index contributed by atoms with van der Waals surface area (Å²) in [5.74, 6) is 0.743. The molecule has 6 nitrogen and oxygen atoms in total. The highest BCUT2D eigenvalue weighted by atomic mass is 35.5. The first-order valence-corrected chi connectivity index (χ1v) is 8.36. The summed E-state index contributed by atoms with van der Waals surface area (Å²) < 4.78 is 24.7. The second-order valence-corrected chi connectivity index (χ2v) is 6.57. The zero-order valence-corrected chi connectivity index (χ0v) is 14.7. The van der Waals surface area contributed by atoms with E-state index in [2.05, 4.69) is 15.0 Å². The van der Waals surface area contributed by atoms with Gasteiger partial charge in [-0.25, -0.2) is 4.39 Å². The van der Waals surface area contributed by atoms with Crippen molar-refractivity contribution in [2.45, 2.75) is 30.8 Å². The molecule has 1 aromatic heterocycles. The topological polar surface area (TPSA) is 77.4 Å². The predicted octanol–water partition coefficient (Wildman–Crippen LogP) is 2.39. The molecule has 8 heteroatoms. The molecule has 2 aromatic rings. The van der Waals surface area contributed by atoms with E-state index in [0.29, 0.717) is 24.9 Å². The van der Waals surface area contributed by atoms with E-state index in [1.54, 1.807) is 6.07 Å². The smallest absolute Gasteiger partial charge is 0.248 e. The predicted molar refractivity (Wildman–Crippen MR) is 91.9 cm³/mol. The van der Waals surface area contributed by atoms with Crippen molar-refractivity contribution >= 4 is 12.4 Å². The molecule has 0 bridgehead atoms. The normalized spacial score (nSPS) is 21.2. The molecule has 25 heavy (non-hydrogen) atoms. The van der Waals surface area contributed by atoms with Gasteiger partial charge < -0.3 is 15.0 Å². The molecular weight excluding hydrogens is 347 g/mol. The van der Waals surface area contributed by atoms with Crippen molar-refractivity contribution in [1.29, 1.82) is 0 Å². The van der Waals surface area contributed by atoms with E-state index in [-0.39, 0.29) is 24.3 Å². The summed E-state index contributed by atoms with van der Waals surface area (Å²) in [7, 11) is 0. The van der Waals surface area contributed by atoms with E-state index in [1.165, 1.54) is 12.1 Å². The van der Waals surface area contributed by atoms with Gasteiger partial charge in [0.15, 0.2) is 5.82 Å². The SMILES string of the molecule is Cl.NC1(c2noc(C(c3cccc(F)c3)N3CCOCC3)n2)CCC1. The molecule has 2 aliphatic rings. The minimum absolute atomic E-state index is 0. The lowest BCUT2D eigenvalue weighted by Crippen LogP contribution is -2.44. The first-order valence-electron chi connectivity index (χ1n) is 8.36. The highest BCUT2D eigenvalue weighted by Gasteiger charge is 2.40. The number of hydrogen-bond acceptors (Lipinski definition) is 6. The van der Waals surface area contributed by atoms with E-state index < -0.39 is 5.54 Å². The third-order valence-electron chi connectivity index (χ3n) is 4.94. The molecule has 2 heterocycles. The van der Waals surface area contributed by atoms with Crippen molar-refractivity contribution in [1.82, 2.24) is 15.0 Å². The van der Waals surface area contributed by atoms with Gasteiger partial charge in [0.2, 0.25) is 5.89 Å². The Kier molecular flexibility index (Phi) is 5.38. The zero-order valence-electron chi connectivity index (χ0n) is 13.9. The average molecular weight is 369 g/mol. The molecule has 1 atom stereocenters. The van der Waals surface area contributed by atoms with Crippen LogP contribution in [0.15, 0.2) is 28.8 Å². The molecule has 1 aromatic carbocycles. The van der Waals surface area contributed by atoms with E-state index in [9.17, 15) is 4.39 Å². The number of halogens is 2. The van der Waals surface area contributed by atoms with Crippen LogP contribution < -0.4 is 5.73 Å². The van der Waals surface area contributed by atoms with E-state index in [1.807, 2.05) is 6.07 Å². The summed E-state index contributed by atoms with van der Waals surface area (Å²) in [6.07, 6.45) is 2.82. The second-order valence-electron chi connectivity index (χ2n) is 6.57. The quantitative estimate of drug-likeness (QED) is 0.892. The molecular formula is C17H22ClFN4O2. The van der Waals surface area contributed by atoms with Crippen LogP contribution in [0.3, 0.4) is 0 Å². The van der Waals surface area contributed by atoms with Gasteiger partial charge in [0.1, 0.15) is 11.9 Å². The van der Waals surface area contributed by atoms with Crippen LogP contribution in [0, 0.1) is 5.82 Å². The van der Waals surface area contributed by atoms with Gasteiger partial charge in [-0.05, 0) is 37.0 Å². The van der Waals surface area contributed by atoms with Crippen molar-refractivity contribution in [2.24, 2.45) is 5.73 Å². The van der Waals surface area contributed by atoms with Crippen molar-refractivity contribution in [3.8, 4) is 0 Å². The third kappa shape index (κ3) is 3.55. The summed E-state index contributed by atoms with van der Waals surface area (Å²) >= 11 is 0. The summed E-state index contributed by atoms with van der Waals surface area (Å²) in [5, 5.41) is 4.11. The van der Waals surface area contributed by atoms with Crippen LogP contribution in [-0.2, 0) is 10.3 Å². The minimum atomic E-state index is -0.473. The third-order valence-corrected chi connectivity index (χ3v) is 4.94. The van der Waals surface area contributed by atoms with E-state index in [4.69, 9.17) is 15.0 Å². The van der Waals surface area contributed by atoms with E-state index in [0.717, 1.165) is 37.9 Å². The van der Waals surface area contributed by atoms with Crippen molar-refractivity contribution < 1.29 is 13.7 Å². The highest BCUT2D eigenvalue weighted by molar-refractivity contribution is 5.85. The van der Waals surface area contributed by atoms with Gasteiger partial charge in [0.25, 0.3) is 0 Å². The fraction of sp³-hybridized carbons (Fsp3) is 0.529. The molecule has 136 valence electrons. The minimum Gasteiger partial charge on any atom is -0.379 e. The Hall–Kier alpha value is -1.54. The summed E-state index contributed by atoms with van der Waals surface area (Å²) in [6, 6.07) is 6.25. The van der Waals surface area contributed by atoms with Crippen molar-refractivity contribution in [2.75, 3.05) is 26.3 Å².